The summed E-state index contributed by atoms with van der Waals surface area (Å²) in [5, 5.41) is 0.498. The van der Waals surface area contributed by atoms with Crippen LogP contribution in [0.15, 0.2) is 24.5 Å². The van der Waals surface area contributed by atoms with Crippen molar-refractivity contribution >= 4 is 11.6 Å². The molecule has 0 aliphatic carbocycles. The molecule has 2 N–H and O–H groups in total. The third-order valence-corrected chi connectivity index (χ3v) is 3.08. The first-order chi connectivity index (χ1) is 8.70. The molecule has 2 aromatic rings. The number of halogens is 1. The first kappa shape index (κ1) is 13.1. The maximum atomic E-state index is 5.77. The zero-order valence-corrected chi connectivity index (χ0v) is 11.2. The van der Waals surface area contributed by atoms with Crippen molar-refractivity contribution in [3.63, 3.8) is 0 Å². The molecule has 18 heavy (non-hydrogen) atoms. The van der Waals surface area contributed by atoms with Crippen LogP contribution in [0, 0.1) is 6.92 Å². The number of hydrogen-bond acceptors (Lipinski definition) is 3. The Balaban J connectivity index is 2.15. The fourth-order valence-electron chi connectivity index (χ4n) is 1.83. The van der Waals surface area contributed by atoms with Gasteiger partial charge in [-0.1, -0.05) is 11.6 Å². The lowest BCUT2D eigenvalue weighted by Crippen LogP contribution is -2.03. The standard InChI is InChI=1S/C13H17ClN4/c1-10-17-12(9-18(10)7-3-2-6-15)11-4-5-13(14)16-8-11/h4-5,8-9H,2-3,6-7,15H2,1H3. The molecule has 0 amide bonds. The van der Waals surface area contributed by atoms with E-state index in [0.717, 1.165) is 43.0 Å². The minimum atomic E-state index is 0.498. The Kier molecular flexibility index (Phi) is 4.33. The Bertz CT molecular complexity index is 504. The van der Waals surface area contributed by atoms with Gasteiger partial charge in [0.25, 0.3) is 0 Å². The molecule has 4 nitrogen and oxygen atoms in total. The van der Waals surface area contributed by atoms with E-state index < -0.39 is 0 Å². The lowest BCUT2D eigenvalue weighted by molar-refractivity contribution is 0.602. The van der Waals surface area contributed by atoms with Gasteiger partial charge in [-0.25, -0.2) is 9.97 Å². The highest BCUT2D eigenvalue weighted by Crippen LogP contribution is 2.19. The maximum absolute atomic E-state index is 5.77. The molecule has 96 valence electrons. The Morgan fingerprint density at radius 1 is 1.33 bits per heavy atom. The summed E-state index contributed by atoms with van der Waals surface area (Å²) >= 11 is 5.77. The van der Waals surface area contributed by atoms with Gasteiger partial charge in [-0.3, -0.25) is 0 Å². The predicted molar refractivity (Wildman–Crippen MR) is 73.5 cm³/mol. The Morgan fingerprint density at radius 3 is 2.83 bits per heavy atom. The molecule has 0 saturated heterocycles. The second-order valence-corrected chi connectivity index (χ2v) is 4.62. The SMILES string of the molecule is Cc1nc(-c2ccc(Cl)nc2)cn1CCCCN. The number of aromatic nitrogens is 3. The minimum Gasteiger partial charge on any atom is -0.335 e. The molecular formula is C13H17ClN4. The Hall–Kier alpha value is -1.39. The van der Waals surface area contributed by atoms with Gasteiger partial charge < -0.3 is 10.3 Å². The summed E-state index contributed by atoms with van der Waals surface area (Å²) in [7, 11) is 0. The predicted octanol–water partition coefficient (Wildman–Crippen LogP) is 2.65. The minimum absolute atomic E-state index is 0.498. The van der Waals surface area contributed by atoms with E-state index in [1.165, 1.54) is 0 Å². The van der Waals surface area contributed by atoms with Crippen LogP contribution in [0.2, 0.25) is 5.15 Å². The summed E-state index contributed by atoms with van der Waals surface area (Å²) in [6, 6.07) is 3.71. The van der Waals surface area contributed by atoms with Crippen LogP contribution >= 0.6 is 11.6 Å². The molecule has 0 aliphatic heterocycles. The summed E-state index contributed by atoms with van der Waals surface area (Å²) in [5.74, 6) is 1.01. The van der Waals surface area contributed by atoms with Gasteiger partial charge in [0.2, 0.25) is 0 Å². The highest BCUT2D eigenvalue weighted by atomic mass is 35.5. The van der Waals surface area contributed by atoms with Gasteiger partial charge in [-0.15, -0.1) is 0 Å². The number of unbranched alkanes of at least 4 members (excludes halogenated alkanes) is 1. The van der Waals surface area contributed by atoms with Crippen LogP contribution in [0.1, 0.15) is 18.7 Å². The van der Waals surface area contributed by atoms with Gasteiger partial charge in [0.15, 0.2) is 0 Å². The van der Waals surface area contributed by atoms with Crippen molar-refractivity contribution in [2.45, 2.75) is 26.3 Å². The number of nitrogens with zero attached hydrogens (tertiary/aromatic N) is 3. The van der Waals surface area contributed by atoms with E-state index in [2.05, 4.69) is 20.7 Å². The molecule has 2 heterocycles. The van der Waals surface area contributed by atoms with Gasteiger partial charge in [-0.2, -0.15) is 0 Å². The van der Waals surface area contributed by atoms with E-state index in [1.54, 1.807) is 12.3 Å². The monoisotopic (exact) mass is 264 g/mol. The van der Waals surface area contributed by atoms with Crippen LogP contribution in [-0.2, 0) is 6.54 Å². The van der Waals surface area contributed by atoms with Crippen LogP contribution < -0.4 is 5.73 Å². The third-order valence-electron chi connectivity index (χ3n) is 2.85. The van der Waals surface area contributed by atoms with E-state index in [1.807, 2.05) is 13.0 Å². The smallest absolute Gasteiger partial charge is 0.129 e. The van der Waals surface area contributed by atoms with Crippen molar-refractivity contribution in [1.29, 1.82) is 0 Å². The summed E-state index contributed by atoms with van der Waals surface area (Å²) < 4.78 is 2.15. The van der Waals surface area contributed by atoms with E-state index in [9.17, 15) is 0 Å². The van der Waals surface area contributed by atoms with Gasteiger partial charge in [0, 0.05) is 24.5 Å². The highest BCUT2D eigenvalue weighted by molar-refractivity contribution is 6.29. The number of imidazole rings is 1. The fourth-order valence-corrected chi connectivity index (χ4v) is 1.94. The number of nitrogens with two attached hydrogens (primary N) is 1. The van der Waals surface area contributed by atoms with Crippen molar-refractivity contribution in [3.05, 3.63) is 35.5 Å². The zero-order valence-electron chi connectivity index (χ0n) is 10.4. The van der Waals surface area contributed by atoms with Crippen LogP contribution in [0.3, 0.4) is 0 Å². The molecule has 2 rings (SSSR count). The van der Waals surface area contributed by atoms with Crippen LogP contribution in [0.5, 0.6) is 0 Å². The van der Waals surface area contributed by atoms with Crippen molar-refractivity contribution in [2.24, 2.45) is 5.73 Å². The Labute approximate surface area is 112 Å². The van der Waals surface area contributed by atoms with Crippen molar-refractivity contribution < 1.29 is 0 Å². The fraction of sp³-hybridized carbons (Fsp3) is 0.385. The lowest BCUT2D eigenvalue weighted by atomic mass is 10.2. The lowest BCUT2D eigenvalue weighted by Gasteiger charge is -2.02. The second-order valence-electron chi connectivity index (χ2n) is 4.23. The molecular weight excluding hydrogens is 248 g/mol. The van der Waals surface area contributed by atoms with Gasteiger partial charge in [0.05, 0.1) is 5.69 Å². The molecule has 5 heteroatoms. The van der Waals surface area contributed by atoms with Crippen LogP contribution in [-0.4, -0.2) is 21.1 Å². The Morgan fingerprint density at radius 2 is 2.17 bits per heavy atom. The van der Waals surface area contributed by atoms with Crippen molar-refractivity contribution in [2.75, 3.05) is 6.54 Å². The van der Waals surface area contributed by atoms with Gasteiger partial charge in [0.1, 0.15) is 11.0 Å². The molecule has 0 saturated carbocycles. The average molecular weight is 265 g/mol. The summed E-state index contributed by atoms with van der Waals surface area (Å²) in [6.07, 6.45) is 5.91. The second kappa shape index (κ2) is 5.98. The largest absolute Gasteiger partial charge is 0.335 e. The van der Waals surface area contributed by atoms with Gasteiger partial charge in [-0.05, 0) is 38.4 Å². The number of rotatable bonds is 5. The molecule has 0 atom stereocenters. The number of pyridine rings is 1. The molecule has 0 aromatic carbocycles. The molecule has 0 unspecified atom stereocenters. The molecule has 2 aromatic heterocycles. The topological polar surface area (TPSA) is 56.7 Å². The molecule has 0 bridgehead atoms. The summed E-state index contributed by atoms with van der Waals surface area (Å²) in [4.78, 5) is 8.61. The first-order valence-electron chi connectivity index (χ1n) is 6.06. The summed E-state index contributed by atoms with van der Waals surface area (Å²) in [5.41, 5.74) is 7.42. The quantitative estimate of drug-likeness (QED) is 0.667. The van der Waals surface area contributed by atoms with Gasteiger partial charge >= 0.3 is 0 Å². The molecule has 0 aliphatic rings. The molecule has 0 spiro atoms. The van der Waals surface area contributed by atoms with E-state index in [0.29, 0.717) is 5.15 Å². The zero-order chi connectivity index (χ0) is 13.0. The highest BCUT2D eigenvalue weighted by Gasteiger charge is 2.06. The number of hydrogen-bond donors (Lipinski definition) is 1. The molecule has 0 radical (unpaired) electrons. The average Bonchev–Trinajstić information content (AvgIpc) is 2.72. The third kappa shape index (κ3) is 3.09. The first-order valence-corrected chi connectivity index (χ1v) is 6.44. The van der Waals surface area contributed by atoms with Crippen LogP contribution in [0.4, 0.5) is 0 Å². The van der Waals surface area contributed by atoms with E-state index in [-0.39, 0.29) is 0 Å². The normalized spacial score (nSPS) is 10.8. The van der Waals surface area contributed by atoms with E-state index in [4.69, 9.17) is 17.3 Å². The van der Waals surface area contributed by atoms with Crippen molar-refractivity contribution in [3.8, 4) is 11.3 Å². The summed E-state index contributed by atoms with van der Waals surface area (Å²) in [6.45, 7) is 3.70. The van der Waals surface area contributed by atoms with Crippen molar-refractivity contribution in [1.82, 2.24) is 14.5 Å². The van der Waals surface area contributed by atoms with Crippen LogP contribution in [0.25, 0.3) is 11.3 Å². The van der Waals surface area contributed by atoms with E-state index >= 15 is 0 Å². The molecule has 0 fully saturated rings. The maximum Gasteiger partial charge on any atom is 0.129 e. The number of aryl methyl sites for hydroxylation is 2.